The van der Waals surface area contributed by atoms with Crippen molar-refractivity contribution >= 4 is 17.3 Å². The maximum Gasteiger partial charge on any atom is 0.228 e. The minimum Gasteiger partial charge on any atom is -0.377 e. The highest BCUT2D eigenvalue weighted by atomic mass is 16.5. The number of para-hydroxylation sites is 2. The summed E-state index contributed by atoms with van der Waals surface area (Å²) < 4.78 is 5.73. The summed E-state index contributed by atoms with van der Waals surface area (Å²) in [6.07, 6.45) is 3.54. The Kier molecular flexibility index (Phi) is 9.54. The molecule has 0 radical (unpaired) electrons. The van der Waals surface area contributed by atoms with Crippen LogP contribution in [-0.4, -0.2) is 50.6 Å². The van der Waals surface area contributed by atoms with Crippen molar-refractivity contribution in [1.29, 1.82) is 0 Å². The van der Waals surface area contributed by atoms with Crippen LogP contribution in [0.3, 0.4) is 0 Å². The van der Waals surface area contributed by atoms with Gasteiger partial charge in [-0.1, -0.05) is 73.7 Å². The van der Waals surface area contributed by atoms with E-state index in [1.165, 1.54) is 16.8 Å². The molecule has 5 nitrogen and oxygen atoms in total. The van der Waals surface area contributed by atoms with E-state index in [4.69, 9.17) is 4.74 Å². The van der Waals surface area contributed by atoms with Gasteiger partial charge in [-0.15, -0.1) is 0 Å². The lowest BCUT2D eigenvalue weighted by atomic mass is 10.0. The maximum absolute atomic E-state index is 12.6. The number of benzene rings is 3. The second-order valence-electron chi connectivity index (χ2n) is 9.49. The third-order valence-electron chi connectivity index (χ3n) is 7.07. The maximum atomic E-state index is 12.6. The van der Waals surface area contributed by atoms with Gasteiger partial charge in [-0.05, 0) is 49.1 Å². The third kappa shape index (κ3) is 6.96. The van der Waals surface area contributed by atoms with Crippen LogP contribution in [0.2, 0.25) is 0 Å². The van der Waals surface area contributed by atoms with Crippen LogP contribution < -0.4 is 10.2 Å². The normalized spacial score (nSPS) is 15.0. The van der Waals surface area contributed by atoms with E-state index in [-0.39, 0.29) is 12.0 Å². The summed E-state index contributed by atoms with van der Waals surface area (Å²) in [5.74, 6) is 0.0313. The predicted molar refractivity (Wildman–Crippen MR) is 149 cm³/mol. The fraction of sp³-hybridized carbons (Fsp3) is 0.387. The molecule has 1 aliphatic heterocycles. The minimum absolute atomic E-state index is 0.0313. The van der Waals surface area contributed by atoms with Gasteiger partial charge in [0.25, 0.3) is 0 Å². The first kappa shape index (κ1) is 25.9. The summed E-state index contributed by atoms with van der Waals surface area (Å²) in [5.41, 5.74) is 5.77. The van der Waals surface area contributed by atoms with Crippen LogP contribution in [0, 0.1) is 0 Å². The molecule has 36 heavy (non-hydrogen) atoms. The highest BCUT2D eigenvalue weighted by Gasteiger charge is 2.21. The number of aryl methyl sites for hydroxylation is 1. The summed E-state index contributed by atoms with van der Waals surface area (Å²) in [6.45, 7) is 7.43. The Bertz CT molecular complexity index is 1090. The van der Waals surface area contributed by atoms with Crippen LogP contribution >= 0.6 is 0 Å². The first-order chi connectivity index (χ1) is 17.7. The number of ether oxygens (including phenoxy) is 1. The SMILES string of the molecule is CCC(OC)c1ccccc1N1CCN(CCCc2ccccc2NC(=O)Cc2ccccc2)CC1. The molecule has 1 N–H and O–H groups in total. The number of anilines is 2. The molecule has 4 rings (SSSR count). The van der Waals surface area contributed by atoms with Crippen molar-refractivity contribution in [2.24, 2.45) is 0 Å². The molecule has 3 aromatic rings. The number of hydrogen-bond acceptors (Lipinski definition) is 4. The smallest absolute Gasteiger partial charge is 0.228 e. The van der Waals surface area contributed by atoms with E-state index >= 15 is 0 Å². The van der Waals surface area contributed by atoms with E-state index in [1.54, 1.807) is 7.11 Å². The van der Waals surface area contributed by atoms with Crippen molar-refractivity contribution in [2.45, 2.75) is 38.7 Å². The lowest BCUT2D eigenvalue weighted by Crippen LogP contribution is -2.47. The fourth-order valence-corrected chi connectivity index (χ4v) is 5.10. The van der Waals surface area contributed by atoms with Gasteiger partial charge in [0.05, 0.1) is 12.5 Å². The highest BCUT2D eigenvalue weighted by molar-refractivity contribution is 5.93. The minimum atomic E-state index is 0.0313. The molecule has 1 unspecified atom stereocenters. The largest absolute Gasteiger partial charge is 0.377 e. The first-order valence-electron chi connectivity index (χ1n) is 13.2. The number of nitrogens with one attached hydrogen (secondary N) is 1. The zero-order valence-electron chi connectivity index (χ0n) is 21.7. The molecule has 0 saturated carbocycles. The topological polar surface area (TPSA) is 44.8 Å². The lowest BCUT2D eigenvalue weighted by molar-refractivity contribution is -0.115. The summed E-state index contributed by atoms with van der Waals surface area (Å²) in [6, 6.07) is 26.8. The number of hydrogen-bond donors (Lipinski definition) is 1. The Morgan fingerprint density at radius 2 is 1.61 bits per heavy atom. The van der Waals surface area contributed by atoms with E-state index in [0.29, 0.717) is 6.42 Å². The number of carbonyl (C=O) groups is 1. The molecule has 1 fully saturated rings. The second-order valence-corrected chi connectivity index (χ2v) is 9.49. The number of methoxy groups -OCH3 is 1. The van der Waals surface area contributed by atoms with Gasteiger partial charge in [-0.2, -0.15) is 0 Å². The molecule has 0 bridgehead atoms. The van der Waals surface area contributed by atoms with Crippen LogP contribution in [0.5, 0.6) is 0 Å². The molecule has 0 spiro atoms. The monoisotopic (exact) mass is 485 g/mol. The molecule has 1 amide bonds. The molecule has 0 aromatic heterocycles. The van der Waals surface area contributed by atoms with Gasteiger partial charge in [-0.25, -0.2) is 0 Å². The zero-order chi connectivity index (χ0) is 25.2. The molecule has 1 heterocycles. The number of amides is 1. The number of piperazine rings is 1. The molecular weight excluding hydrogens is 446 g/mol. The van der Waals surface area contributed by atoms with E-state index in [0.717, 1.165) is 63.2 Å². The lowest BCUT2D eigenvalue weighted by Gasteiger charge is -2.37. The highest BCUT2D eigenvalue weighted by Crippen LogP contribution is 2.31. The van der Waals surface area contributed by atoms with E-state index in [2.05, 4.69) is 58.4 Å². The van der Waals surface area contributed by atoms with Crippen molar-refractivity contribution in [3.63, 3.8) is 0 Å². The van der Waals surface area contributed by atoms with Gasteiger partial charge in [-0.3, -0.25) is 9.69 Å². The Hall–Kier alpha value is -3.15. The van der Waals surface area contributed by atoms with Crippen molar-refractivity contribution in [2.75, 3.05) is 50.1 Å². The molecular formula is C31H39N3O2. The predicted octanol–water partition coefficient (Wildman–Crippen LogP) is 5.72. The first-order valence-corrected chi connectivity index (χ1v) is 13.2. The van der Waals surface area contributed by atoms with Gasteiger partial charge in [0.15, 0.2) is 0 Å². The zero-order valence-corrected chi connectivity index (χ0v) is 21.7. The van der Waals surface area contributed by atoms with E-state index in [9.17, 15) is 4.79 Å². The molecule has 1 aliphatic rings. The van der Waals surface area contributed by atoms with Gasteiger partial charge in [0.1, 0.15) is 0 Å². The van der Waals surface area contributed by atoms with E-state index in [1.807, 2.05) is 42.5 Å². The van der Waals surface area contributed by atoms with Gasteiger partial charge in [0.2, 0.25) is 5.91 Å². The fourth-order valence-electron chi connectivity index (χ4n) is 5.10. The molecule has 3 aromatic carbocycles. The Balaban J connectivity index is 1.26. The van der Waals surface area contributed by atoms with Crippen molar-refractivity contribution in [3.8, 4) is 0 Å². The molecule has 5 heteroatoms. The molecule has 0 aliphatic carbocycles. The van der Waals surface area contributed by atoms with Crippen molar-refractivity contribution in [1.82, 2.24) is 4.90 Å². The standard InChI is InChI=1S/C31H39N3O2/c1-3-30(36-2)27-16-8-10-18-29(27)34-22-20-33(21-23-34)19-11-15-26-14-7-9-17-28(26)32-31(35)24-25-12-5-4-6-13-25/h4-10,12-14,16-18,30H,3,11,15,19-24H2,1-2H3,(H,32,35). The molecule has 1 saturated heterocycles. The third-order valence-corrected chi connectivity index (χ3v) is 7.07. The summed E-state index contributed by atoms with van der Waals surface area (Å²) in [7, 11) is 1.80. The summed E-state index contributed by atoms with van der Waals surface area (Å²) >= 11 is 0. The Morgan fingerprint density at radius 3 is 2.36 bits per heavy atom. The summed E-state index contributed by atoms with van der Waals surface area (Å²) in [4.78, 5) is 17.6. The molecule has 1 atom stereocenters. The number of rotatable bonds is 11. The summed E-state index contributed by atoms with van der Waals surface area (Å²) in [5, 5.41) is 3.13. The Morgan fingerprint density at radius 1 is 0.917 bits per heavy atom. The van der Waals surface area contributed by atoms with Gasteiger partial charge < -0.3 is 15.0 Å². The van der Waals surface area contributed by atoms with Crippen LogP contribution in [0.15, 0.2) is 78.9 Å². The average Bonchev–Trinajstić information content (AvgIpc) is 2.92. The van der Waals surface area contributed by atoms with Crippen LogP contribution in [0.25, 0.3) is 0 Å². The Labute approximate surface area is 216 Å². The van der Waals surface area contributed by atoms with Gasteiger partial charge in [0, 0.05) is 50.2 Å². The van der Waals surface area contributed by atoms with Crippen molar-refractivity contribution < 1.29 is 9.53 Å². The van der Waals surface area contributed by atoms with Crippen LogP contribution in [0.4, 0.5) is 11.4 Å². The molecule has 190 valence electrons. The van der Waals surface area contributed by atoms with E-state index < -0.39 is 0 Å². The van der Waals surface area contributed by atoms with Crippen LogP contribution in [0.1, 0.15) is 42.6 Å². The number of nitrogens with zero attached hydrogens (tertiary/aromatic N) is 2. The van der Waals surface area contributed by atoms with Crippen LogP contribution in [-0.2, 0) is 22.4 Å². The average molecular weight is 486 g/mol. The number of carbonyl (C=O) groups excluding carboxylic acids is 1. The quantitative estimate of drug-likeness (QED) is 0.377. The van der Waals surface area contributed by atoms with Gasteiger partial charge >= 0.3 is 0 Å². The second kappa shape index (κ2) is 13.2. The van der Waals surface area contributed by atoms with Crippen molar-refractivity contribution in [3.05, 3.63) is 95.6 Å².